The van der Waals surface area contributed by atoms with Gasteiger partial charge >= 0.3 is 6.36 Å². The molecule has 1 aliphatic rings. The molecule has 0 saturated carbocycles. The molecule has 0 aromatic heterocycles. The Labute approximate surface area is 121 Å². The van der Waals surface area contributed by atoms with Crippen LogP contribution in [-0.2, 0) is 11.4 Å². The topological polar surface area (TPSA) is 30.8 Å². The molecule has 6 heteroatoms. The standard InChI is InChI=1S/C15H16F3NO2/c16-15(17,18)21-14-8-6-13(7-9-14)11-20-19-10-12-4-2-1-3-5-12/h4,6-10H,1-3,5,11H2. The molecule has 0 saturated heterocycles. The molecule has 0 N–H and O–H groups in total. The summed E-state index contributed by atoms with van der Waals surface area (Å²) in [5, 5.41) is 3.87. The van der Waals surface area contributed by atoms with Gasteiger partial charge in [0.25, 0.3) is 0 Å². The van der Waals surface area contributed by atoms with Crippen molar-refractivity contribution in [1.82, 2.24) is 0 Å². The monoisotopic (exact) mass is 299 g/mol. The molecule has 0 atom stereocenters. The van der Waals surface area contributed by atoms with Gasteiger partial charge in [-0.1, -0.05) is 23.4 Å². The molecule has 1 aromatic rings. The molecule has 0 fully saturated rings. The normalized spacial score (nSPS) is 15.9. The molecule has 0 amide bonds. The van der Waals surface area contributed by atoms with Crippen LogP contribution in [0.5, 0.6) is 5.75 Å². The van der Waals surface area contributed by atoms with Crippen LogP contribution in [0.15, 0.2) is 41.1 Å². The average molecular weight is 299 g/mol. The first kappa shape index (κ1) is 15.4. The van der Waals surface area contributed by atoms with E-state index in [1.807, 2.05) is 0 Å². The highest BCUT2D eigenvalue weighted by Gasteiger charge is 2.30. The van der Waals surface area contributed by atoms with Crippen molar-refractivity contribution in [2.45, 2.75) is 38.7 Å². The van der Waals surface area contributed by atoms with Gasteiger partial charge in [0.1, 0.15) is 12.4 Å². The number of nitrogens with zero attached hydrogens (tertiary/aromatic N) is 1. The molecule has 0 spiro atoms. The maximum Gasteiger partial charge on any atom is 0.573 e. The second-order valence-corrected chi connectivity index (χ2v) is 4.72. The highest BCUT2D eigenvalue weighted by atomic mass is 19.4. The number of benzene rings is 1. The molecule has 21 heavy (non-hydrogen) atoms. The van der Waals surface area contributed by atoms with Crippen LogP contribution < -0.4 is 4.74 Å². The van der Waals surface area contributed by atoms with Crippen LogP contribution in [0.25, 0.3) is 0 Å². The van der Waals surface area contributed by atoms with Crippen LogP contribution in [0.3, 0.4) is 0 Å². The second-order valence-electron chi connectivity index (χ2n) is 4.72. The highest BCUT2D eigenvalue weighted by molar-refractivity contribution is 5.78. The first-order chi connectivity index (χ1) is 10.0. The summed E-state index contributed by atoms with van der Waals surface area (Å²) in [5.41, 5.74) is 1.88. The molecular weight excluding hydrogens is 283 g/mol. The van der Waals surface area contributed by atoms with E-state index >= 15 is 0 Å². The third kappa shape index (κ3) is 5.89. The van der Waals surface area contributed by atoms with Gasteiger partial charge in [0.2, 0.25) is 0 Å². The molecule has 1 aromatic carbocycles. The first-order valence-electron chi connectivity index (χ1n) is 6.72. The number of rotatable bonds is 5. The summed E-state index contributed by atoms with van der Waals surface area (Å²) in [4.78, 5) is 5.13. The van der Waals surface area contributed by atoms with Gasteiger partial charge in [-0.2, -0.15) is 0 Å². The summed E-state index contributed by atoms with van der Waals surface area (Å²) in [5.74, 6) is -0.248. The van der Waals surface area contributed by atoms with Gasteiger partial charge < -0.3 is 9.57 Å². The molecular formula is C15H16F3NO2. The van der Waals surface area contributed by atoms with Gasteiger partial charge in [-0.05, 0) is 49.0 Å². The fraction of sp³-hybridized carbons (Fsp3) is 0.400. The average Bonchev–Trinajstić information content (AvgIpc) is 2.45. The van der Waals surface area contributed by atoms with Crippen molar-refractivity contribution in [2.75, 3.05) is 0 Å². The van der Waals surface area contributed by atoms with Crippen molar-refractivity contribution in [3.63, 3.8) is 0 Å². The van der Waals surface area contributed by atoms with E-state index in [4.69, 9.17) is 4.84 Å². The van der Waals surface area contributed by atoms with Crippen LogP contribution >= 0.6 is 0 Å². The lowest BCUT2D eigenvalue weighted by Crippen LogP contribution is -2.17. The van der Waals surface area contributed by atoms with Crippen molar-refractivity contribution in [1.29, 1.82) is 0 Å². The predicted octanol–water partition coefficient (Wildman–Crippen LogP) is 4.59. The minimum absolute atomic E-state index is 0.204. The smallest absolute Gasteiger partial charge is 0.406 e. The highest BCUT2D eigenvalue weighted by Crippen LogP contribution is 2.23. The fourth-order valence-electron chi connectivity index (χ4n) is 1.98. The Morgan fingerprint density at radius 3 is 2.52 bits per heavy atom. The van der Waals surface area contributed by atoms with Crippen molar-refractivity contribution >= 4 is 6.21 Å². The lowest BCUT2D eigenvalue weighted by Gasteiger charge is -2.09. The molecule has 0 radical (unpaired) electrons. The number of ether oxygens (including phenoxy) is 1. The van der Waals surface area contributed by atoms with Crippen molar-refractivity contribution in [3.8, 4) is 5.75 Å². The number of hydrogen-bond donors (Lipinski definition) is 0. The first-order valence-corrected chi connectivity index (χ1v) is 6.72. The van der Waals surface area contributed by atoms with E-state index in [1.165, 1.54) is 37.1 Å². The molecule has 0 heterocycles. The number of oxime groups is 1. The largest absolute Gasteiger partial charge is 0.573 e. The van der Waals surface area contributed by atoms with Crippen LogP contribution in [0.2, 0.25) is 0 Å². The lowest BCUT2D eigenvalue weighted by molar-refractivity contribution is -0.274. The third-order valence-corrected chi connectivity index (χ3v) is 3.01. The Balaban J connectivity index is 1.78. The van der Waals surface area contributed by atoms with Gasteiger partial charge in [0.05, 0.1) is 6.21 Å². The number of alkyl halides is 3. The predicted molar refractivity (Wildman–Crippen MR) is 73.0 cm³/mol. The van der Waals surface area contributed by atoms with E-state index < -0.39 is 6.36 Å². The van der Waals surface area contributed by atoms with Gasteiger partial charge in [-0.3, -0.25) is 0 Å². The van der Waals surface area contributed by atoms with Gasteiger partial charge in [0, 0.05) is 0 Å². The lowest BCUT2D eigenvalue weighted by atomic mass is 10.0. The molecule has 3 nitrogen and oxygen atoms in total. The van der Waals surface area contributed by atoms with E-state index in [0.717, 1.165) is 24.0 Å². The molecule has 0 unspecified atom stereocenters. The molecule has 1 aliphatic carbocycles. The van der Waals surface area contributed by atoms with Crippen molar-refractivity contribution in [2.24, 2.45) is 5.16 Å². The van der Waals surface area contributed by atoms with E-state index in [0.29, 0.717) is 0 Å². The van der Waals surface area contributed by atoms with Crippen LogP contribution in [-0.4, -0.2) is 12.6 Å². The second kappa shape index (κ2) is 7.15. The summed E-state index contributed by atoms with van der Waals surface area (Å²) in [6.07, 6.45) is 3.62. The zero-order chi connectivity index (χ0) is 15.1. The van der Waals surface area contributed by atoms with Crippen LogP contribution in [0, 0.1) is 0 Å². The van der Waals surface area contributed by atoms with Gasteiger partial charge in [0.15, 0.2) is 0 Å². The molecule has 2 rings (SSSR count). The minimum atomic E-state index is -4.67. The Kier molecular flexibility index (Phi) is 5.25. The third-order valence-electron chi connectivity index (χ3n) is 3.01. The Hall–Kier alpha value is -1.98. The molecule has 0 aliphatic heterocycles. The van der Waals surface area contributed by atoms with E-state index in [9.17, 15) is 13.2 Å². The summed E-state index contributed by atoms with van der Waals surface area (Å²) in [6.45, 7) is 0.204. The summed E-state index contributed by atoms with van der Waals surface area (Å²) in [6, 6.07) is 5.52. The number of halogens is 3. The zero-order valence-electron chi connectivity index (χ0n) is 11.4. The Morgan fingerprint density at radius 2 is 1.90 bits per heavy atom. The van der Waals surface area contributed by atoms with E-state index in [2.05, 4.69) is 16.0 Å². The summed E-state index contributed by atoms with van der Waals surface area (Å²) < 4.78 is 39.8. The minimum Gasteiger partial charge on any atom is -0.406 e. The van der Waals surface area contributed by atoms with Crippen molar-refractivity contribution < 1.29 is 22.7 Å². The summed E-state index contributed by atoms with van der Waals surface area (Å²) >= 11 is 0. The van der Waals surface area contributed by atoms with Crippen molar-refractivity contribution in [3.05, 3.63) is 41.5 Å². The van der Waals surface area contributed by atoms with Crippen LogP contribution in [0.4, 0.5) is 13.2 Å². The van der Waals surface area contributed by atoms with Crippen LogP contribution in [0.1, 0.15) is 31.2 Å². The fourth-order valence-corrected chi connectivity index (χ4v) is 1.98. The van der Waals surface area contributed by atoms with E-state index in [1.54, 1.807) is 6.21 Å². The Bertz CT molecular complexity index is 507. The Morgan fingerprint density at radius 1 is 1.14 bits per heavy atom. The quantitative estimate of drug-likeness (QED) is 0.588. The van der Waals surface area contributed by atoms with Gasteiger partial charge in [-0.25, -0.2) is 0 Å². The maximum absolute atomic E-state index is 12.0. The number of hydrogen-bond acceptors (Lipinski definition) is 3. The van der Waals surface area contributed by atoms with Gasteiger partial charge in [-0.15, -0.1) is 13.2 Å². The molecule has 114 valence electrons. The zero-order valence-corrected chi connectivity index (χ0v) is 11.4. The van der Waals surface area contributed by atoms with E-state index in [-0.39, 0.29) is 12.4 Å². The molecule has 0 bridgehead atoms. The SMILES string of the molecule is FC(F)(F)Oc1ccc(CON=CC2=CCCCC2)cc1. The summed E-state index contributed by atoms with van der Waals surface area (Å²) in [7, 11) is 0. The maximum atomic E-state index is 12.0. The number of allylic oxidation sites excluding steroid dienone is 2.